The topological polar surface area (TPSA) is 59.6 Å². The van der Waals surface area contributed by atoms with Crippen molar-refractivity contribution < 1.29 is 4.74 Å². The molecule has 1 rings (SSSR count). The van der Waals surface area contributed by atoms with E-state index < -0.39 is 0 Å². The van der Waals surface area contributed by atoms with Crippen molar-refractivity contribution in [1.29, 1.82) is 0 Å². The van der Waals surface area contributed by atoms with E-state index in [1.165, 1.54) is 32.1 Å². The van der Waals surface area contributed by atoms with Gasteiger partial charge in [-0.3, -0.25) is 4.99 Å². The molecule has 0 radical (unpaired) electrons. The monoisotopic (exact) mass is 199 g/mol. The van der Waals surface area contributed by atoms with Crippen LogP contribution in [-0.4, -0.2) is 26.1 Å². The second-order valence-electron chi connectivity index (χ2n) is 3.74. The third-order valence-electron chi connectivity index (χ3n) is 2.72. The van der Waals surface area contributed by atoms with Gasteiger partial charge in [0.25, 0.3) is 0 Å². The zero-order valence-corrected chi connectivity index (χ0v) is 8.96. The Morgan fingerprint density at radius 3 is 2.71 bits per heavy atom. The van der Waals surface area contributed by atoms with Gasteiger partial charge in [-0.1, -0.05) is 19.3 Å². The maximum absolute atomic E-state index is 5.46. The highest BCUT2D eigenvalue weighted by atomic mass is 16.5. The van der Waals surface area contributed by atoms with Crippen LogP contribution in [0.1, 0.15) is 32.1 Å². The fourth-order valence-corrected chi connectivity index (χ4v) is 1.93. The average molecular weight is 199 g/mol. The van der Waals surface area contributed by atoms with Gasteiger partial charge in [0, 0.05) is 13.0 Å². The van der Waals surface area contributed by atoms with Gasteiger partial charge in [0.1, 0.15) is 5.84 Å². The van der Waals surface area contributed by atoms with Crippen molar-refractivity contribution in [3.63, 3.8) is 0 Å². The molecule has 0 amide bonds. The summed E-state index contributed by atoms with van der Waals surface area (Å²) in [6, 6.07) is 0. The molecule has 0 aromatic carbocycles. The summed E-state index contributed by atoms with van der Waals surface area (Å²) in [4.78, 5) is 4.41. The number of hydrazine groups is 1. The van der Waals surface area contributed by atoms with Crippen LogP contribution in [0.4, 0.5) is 0 Å². The molecule has 1 aliphatic carbocycles. The molecule has 82 valence electrons. The van der Waals surface area contributed by atoms with E-state index in [1.54, 1.807) is 7.11 Å². The molecule has 0 aromatic heterocycles. The second kappa shape index (κ2) is 6.79. The predicted molar refractivity (Wildman–Crippen MR) is 58.1 cm³/mol. The van der Waals surface area contributed by atoms with E-state index in [0.717, 1.165) is 5.84 Å². The molecule has 14 heavy (non-hydrogen) atoms. The van der Waals surface area contributed by atoms with Crippen molar-refractivity contribution in [2.75, 3.05) is 20.3 Å². The van der Waals surface area contributed by atoms with Gasteiger partial charge in [-0.15, -0.1) is 0 Å². The van der Waals surface area contributed by atoms with Crippen LogP contribution in [0.25, 0.3) is 0 Å². The average Bonchev–Trinajstić information content (AvgIpc) is 2.26. The largest absolute Gasteiger partial charge is 0.383 e. The number of methoxy groups -OCH3 is 1. The fourth-order valence-electron chi connectivity index (χ4n) is 1.93. The summed E-state index contributed by atoms with van der Waals surface area (Å²) in [5.41, 5.74) is 2.73. The maximum Gasteiger partial charge on any atom is 0.113 e. The molecule has 0 aromatic rings. The van der Waals surface area contributed by atoms with Gasteiger partial charge >= 0.3 is 0 Å². The number of nitrogens with zero attached hydrogens (tertiary/aromatic N) is 1. The van der Waals surface area contributed by atoms with Gasteiger partial charge in [0.15, 0.2) is 0 Å². The predicted octanol–water partition coefficient (Wildman–Crippen LogP) is 1.07. The van der Waals surface area contributed by atoms with Gasteiger partial charge in [0.05, 0.1) is 13.2 Å². The summed E-state index contributed by atoms with van der Waals surface area (Å²) >= 11 is 0. The van der Waals surface area contributed by atoms with Crippen LogP contribution in [0.15, 0.2) is 4.99 Å². The van der Waals surface area contributed by atoms with Crippen molar-refractivity contribution in [1.82, 2.24) is 5.43 Å². The van der Waals surface area contributed by atoms with E-state index in [4.69, 9.17) is 10.6 Å². The first-order valence-corrected chi connectivity index (χ1v) is 5.38. The smallest absolute Gasteiger partial charge is 0.113 e. The number of hydrogen-bond donors (Lipinski definition) is 2. The Balaban J connectivity index is 2.38. The Labute approximate surface area is 85.9 Å². The van der Waals surface area contributed by atoms with Crippen LogP contribution in [0.5, 0.6) is 0 Å². The third kappa shape index (κ3) is 3.64. The van der Waals surface area contributed by atoms with E-state index in [0.29, 0.717) is 19.1 Å². The fraction of sp³-hybridized carbons (Fsp3) is 0.900. The Hall–Kier alpha value is -0.610. The summed E-state index contributed by atoms with van der Waals surface area (Å²) in [7, 11) is 1.69. The molecule has 0 heterocycles. The van der Waals surface area contributed by atoms with Gasteiger partial charge in [0.2, 0.25) is 0 Å². The van der Waals surface area contributed by atoms with Crippen LogP contribution >= 0.6 is 0 Å². The lowest BCUT2D eigenvalue weighted by Crippen LogP contribution is -2.37. The summed E-state index contributed by atoms with van der Waals surface area (Å²) < 4.78 is 4.95. The SMILES string of the molecule is COCCN=C(NN)C1CCCCC1. The van der Waals surface area contributed by atoms with E-state index in [2.05, 4.69) is 10.4 Å². The lowest BCUT2D eigenvalue weighted by atomic mass is 9.88. The van der Waals surface area contributed by atoms with Gasteiger partial charge in [-0.05, 0) is 12.8 Å². The lowest BCUT2D eigenvalue weighted by molar-refractivity contribution is 0.207. The number of amidine groups is 1. The summed E-state index contributed by atoms with van der Waals surface area (Å²) in [6.07, 6.45) is 6.39. The van der Waals surface area contributed by atoms with E-state index in [-0.39, 0.29) is 0 Å². The Morgan fingerprint density at radius 1 is 1.43 bits per heavy atom. The molecular formula is C10H21N3O. The number of ether oxygens (including phenoxy) is 1. The molecule has 0 bridgehead atoms. The standard InChI is InChI=1S/C10H21N3O/c1-14-8-7-12-10(13-11)9-5-3-2-4-6-9/h9H,2-8,11H2,1H3,(H,12,13). The minimum atomic E-state index is 0.547. The molecule has 0 saturated heterocycles. The molecule has 0 spiro atoms. The van der Waals surface area contributed by atoms with Gasteiger partial charge in [-0.2, -0.15) is 0 Å². The maximum atomic E-state index is 5.46. The summed E-state index contributed by atoms with van der Waals surface area (Å²) in [5.74, 6) is 6.97. The first kappa shape index (κ1) is 11.5. The zero-order chi connectivity index (χ0) is 10.2. The molecule has 1 aliphatic rings. The number of hydrogen-bond acceptors (Lipinski definition) is 3. The number of nitrogens with one attached hydrogen (secondary N) is 1. The first-order valence-electron chi connectivity index (χ1n) is 5.38. The van der Waals surface area contributed by atoms with Gasteiger partial charge in [-0.25, -0.2) is 5.84 Å². The molecule has 0 atom stereocenters. The van der Waals surface area contributed by atoms with Crippen LogP contribution in [-0.2, 0) is 4.74 Å². The molecular weight excluding hydrogens is 178 g/mol. The second-order valence-corrected chi connectivity index (χ2v) is 3.74. The summed E-state index contributed by atoms with van der Waals surface area (Å²) in [5, 5.41) is 0. The van der Waals surface area contributed by atoms with Crippen molar-refractivity contribution in [3.8, 4) is 0 Å². The minimum absolute atomic E-state index is 0.547. The highest BCUT2D eigenvalue weighted by Crippen LogP contribution is 2.23. The first-order chi connectivity index (χ1) is 6.88. The van der Waals surface area contributed by atoms with Crippen molar-refractivity contribution in [3.05, 3.63) is 0 Å². The Bertz CT molecular complexity index is 176. The molecule has 0 unspecified atom stereocenters. The highest BCUT2D eigenvalue weighted by Gasteiger charge is 2.18. The van der Waals surface area contributed by atoms with Crippen molar-refractivity contribution in [2.24, 2.45) is 16.8 Å². The van der Waals surface area contributed by atoms with Crippen molar-refractivity contribution in [2.45, 2.75) is 32.1 Å². The molecule has 0 aliphatic heterocycles. The Morgan fingerprint density at radius 2 is 2.14 bits per heavy atom. The van der Waals surface area contributed by atoms with E-state index >= 15 is 0 Å². The third-order valence-corrected chi connectivity index (χ3v) is 2.72. The number of rotatable bonds is 4. The molecule has 4 nitrogen and oxygen atoms in total. The molecule has 1 saturated carbocycles. The quantitative estimate of drug-likeness (QED) is 0.234. The summed E-state index contributed by atoms with van der Waals surface area (Å²) in [6.45, 7) is 1.37. The molecule has 1 fully saturated rings. The van der Waals surface area contributed by atoms with Crippen LogP contribution in [0.3, 0.4) is 0 Å². The van der Waals surface area contributed by atoms with E-state index in [9.17, 15) is 0 Å². The van der Waals surface area contributed by atoms with Crippen LogP contribution < -0.4 is 11.3 Å². The number of aliphatic imine (C=N–C) groups is 1. The number of nitrogens with two attached hydrogens (primary N) is 1. The minimum Gasteiger partial charge on any atom is -0.383 e. The van der Waals surface area contributed by atoms with Crippen LogP contribution in [0, 0.1) is 5.92 Å². The molecule has 4 heteroatoms. The van der Waals surface area contributed by atoms with Gasteiger partial charge < -0.3 is 10.2 Å². The normalized spacial score (nSPS) is 19.7. The zero-order valence-electron chi connectivity index (χ0n) is 8.96. The molecule has 3 N–H and O–H groups in total. The Kier molecular flexibility index (Phi) is 5.56. The van der Waals surface area contributed by atoms with E-state index in [1.807, 2.05) is 0 Å². The van der Waals surface area contributed by atoms with Crippen molar-refractivity contribution >= 4 is 5.84 Å². The van der Waals surface area contributed by atoms with Crippen LogP contribution in [0.2, 0.25) is 0 Å². The highest BCUT2D eigenvalue weighted by molar-refractivity contribution is 5.84. The lowest BCUT2D eigenvalue weighted by Gasteiger charge is -2.22.